The third-order valence-electron chi connectivity index (χ3n) is 3.24. The minimum atomic E-state index is -0.295. The summed E-state index contributed by atoms with van der Waals surface area (Å²) in [6, 6.07) is 7.99. The van der Waals surface area contributed by atoms with Crippen LogP contribution in [0.3, 0.4) is 0 Å². The number of rotatable bonds is 5. The molecule has 2 unspecified atom stereocenters. The number of hydrogen-bond acceptors (Lipinski definition) is 4. The molecule has 0 amide bonds. The zero-order valence-electron chi connectivity index (χ0n) is 12.6. The van der Waals surface area contributed by atoms with E-state index in [4.69, 9.17) is 9.47 Å². The average Bonchev–Trinajstić information content (AvgIpc) is 2.50. The van der Waals surface area contributed by atoms with Gasteiger partial charge in [0.2, 0.25) is 0 Å². The van der Waals surface area contributed by atoms with E-state index in [0.717, 1.165) is 10.9 Å². The maximum atomic E-state index is 13.4. The highest BCUT2D eigenvalue weighted by atomic mass is 32.1. The molecule has 2 rings (SSSR count). The smallest absolute Gasteiger partial charge is 0.165 e. The Balaban J connectivity index is 2.47. The van der Waals surface area contributed by atoms with E-state index in [1.807, 2.05) is 6.92 Å². The Bertz CT molecular complexity index is 677. The predicted octanol–water partition coefficient (Wildman–Crippen LogP) is 3.17. The molecule has 0 aliphatic heterocycles. The van der Waals surface area contributed by atoms with Crippen LogP contribution in [0.5, 0.6) is 17.2 Å². The second kappa shape index (κ2) is 7.21. The molecule has 6 heteroatoms. The molecule has 0 fully saturated rings. The summed E-state index contributed by atoms with van der Waals surface area (Å²) in [5, 5.41) is 11.8. The Morgan fingerprint density at radius 1 is 1.14 bits per heavy atom. The number of thiol groups is 1. The highest BCUT2D eigenvalue weighted by molar-refractivity contribution is 7.80. The van der Waals surface area contributed by atoms with E-state index in [9.17, 15) is 9.50 Å². The van der Waals surface area contributed by atoms with Crippen molar-refractivity contribution >= 4 is 31.8 Å². The normalized spacial score (nSPS) is 12.6. The molecule has 0 saturated heterocycles. The van der Waals surface area contributed by atoms with Crippen molar-refractivity contribution in [3.05, 3.63) is 41.7 Å². The summed E-state index contributed by atoms with van der Waals surface area (Å²) in [4.78, 5) is 0. The molecule has 1 N–H and O–H groups in total. The molecule has 0 aliphatic rings. The Kier molecular flexibility index (Phi) is 5.54. The summed E-state index contributed by atoms with van der Waals surface area (Å²) in [5.74, 6) is 0.727. The first kappa shape index (κ1) is 16.9. The fourth-order valence-corrected chi connectivity index (χ4v) is 3.77. The van der Waals surface area contributed by atoms with Crippen LogP contribution in [-0.4, -0.2) is 19.3 Å². The van der Waals surface area contributed by atoms with Gasteiger partial charge in [0.05, 0.1) is 14.2 Å². The molecule has 118 valence electrons. The molecule has 0 saturated carbocycles. The molecule has 2 aromatic rings. The summed E-state index contributed by atoms with van der Waals surface area (Å²) < 4.78 is 23.8. The lowest BCUT2D eigenvalue weighted by Gasteiger charge is -2.15. The minimum Gasteiger partial charge on any atom is -0.504 e. The molecule has 3 nitrogen and oxygen atoms in total. The van der Waals surface area contributed by atoms with Crippen LogP contribution in [0.15, 0.2) is 30.3 Å². The molecular weight excluding hydrogens is 322 g/mol. The molecule has 0 bridgehead atoms. The highest BCUT2D eigenvalue weighted by Gasteiger charge is 2.15. The SMILES string of the molecule is COc1cc(OC)c(O)c(Pc2ccc(F)cc2C(C)S)c1. The second-order valence-electron chi connectivity index (χ2n) is 4.76. The molecule has 0 heterocycles. The van der Waals surface area contributed by atoms with Gasteiger partial charge in [-0.15, -0.1) is 0 Å². The van der Waals surface area contributed by atoms with Crippen molar-refractivity contribution in [1.82, 2.24) is 0 Å². The van der Waals surface area contributed by atoms with Crippen molar-refractivity contribution in [2.75, 3.05) is 14.2 Å². The number of benzene rings is 2. The maximum absolute atomic E-state index is 13.4. The topological polar surface area (TPSA) is 38.7 Å². The largest absolute Gasteiger partial charge is 0.504 e. The molecule has 0 spiro atoms. The van der Waals surface area contributed by atoms with Crippen molar-refractivity contribution in [3.63, 3.8) is 0 Å². The van der Waals surface area contributed by atoms with Gasteiger partial charge in [-0.3, -0.25) is 0 Å². The first-order valence-electron chi connectivity index (χ1n) is 6.65. The number of methoxy groups -OCH3 is 2. The number of hydrogen-bond donors (Lipinski definition) is 2. The number of halogens is 1. The molecular formula is C16H18FO3PS. The van der Waals surface area contributed by atoms with Crippen molar-refractivity contribution in [2.24, 2.45) is 0 Å². The number of aromatic hydroxyl groups is 1. The van der Waals surface area contributed by atoms with Crippen LogP contribution in [0.4, 0.5) is 4.39 Å². The lowest BCUT2D eigenvalue weighted by atomic mass is 10.1. The molecule has 0 aromatic heterocycles. The van der Waals surface area contributed by atoms with E-state index in [1.165, 1.54) is 19.2 Å². The van der Waals surface area contributed by atoms with E-state index in [2.05, 4.69) is 12.6 Å². The number of ether oxygens (including phenoxy) is 2. The summed E-state index contributed by atoms with van der Waals surface area (Å²) in [7, 11) is 3.18. The van der Waals surface area contributed by atoms with Gasteiger partial charge in [-0.25, -0.2) is 4.39 Å². The van der Waals surface area contributed by atoms with E-state index in [-0.39, 0.29) is 25.4 Å². The predicted molar refractivity (Wildman–Crippen MR) is 92.6 cm³/mol. The van der Waals surface area contributed by atoms with E-state index in [1.54, 1.807) is 25.3 Å². The lowest BCUT2D eigenvalue weighted by molar-refractivity contribution is 0.366. The Morgan fingerprint density at radius 2 is 1.86 bits per heavy atom. The van der Waals surface area contributed by atoms with Gasteiger partial charge in [0.25, 0.3) is 0 Å². The molecule has 2 atom stereocenters. The van der Waals surface area contributed by atoms with E-state index >= 15 is 0 Å². The Morgan fingerprint density at radius 3 is 2.45 bits per heavy atom. The highest BCUT2D eigenvalue weighted by Crippen LogP contribution is 2.34. The third-order valence-corrected chi connectivity index (χ3v) is 4.89. The molecule has 0 aliphatic carbocycles. The minimum absolute atomic E-state index is 0.0729. The van der Waals surface area contributed by atoms with Crippen LogP contribution < -0.4 is 20.1 Å². The van der Waals surface area contributed by atoms with Crippen LogP contribution in [0, 0.1) is 5.82 Å². The van der Waals surface area contributed by atoms with Gasteiger partial charge in [-0.2, -0.15) is 12.6 Å². The van der Waals surface area contributed by atoms with Gasteiger partial charge in [0, 0.05) is 16.6 Å². The van der Waals surface area contributed by atoms with Crippen molar-refractivity contribution in [1.29, 1.82) is 0 Å². The zero-order chi connectivity index (χ0) is 16.3. The maximum Gasteiger partial charge on any atom is 0.165 e. The number of phenolic OH excluding ortho intramolecular Hbond substituents is 1. The summed E-state index contributed by atoms with van der Waals surface area (Å²) in [5.41, 5.74) is 0.808. The van der Waals surface area contributed by atoms with Gasteiger partial charge in [-0.1, -0.05) is 14.6 Å². The van der Waals surface area contributed by atoms with Gasteiger partial charge in [0.15, 0.2) is 11.5 Å². The third kappa shape index (κ3) is 3.65. The molecule has 0 radical (unpaired) electrons. The first-order chi connectivity index (χ1) is 10.5. The standard InChI is InChI=1S/C16H18FO3PS/c1-9(22)12-6-10(17)4-5-14(12)21-15-8-11(19-2)7-13(20-3)16(15)18/h4-9,18,21-22H,1-3H3. The van der Waals surface area contributed by atoms with E-state index < -0.39 is 0 Å². The van der Waals surface area contributed by atoms with Gasteiger partial charge in [0.1, 0.15) is 11.6 Å². The average molecular weight is 340 g/mol. The summed E-state index contributed by atoms with van der Waals surface area (Å²) >= 11 is 4.40. The molecule has 22 heavy (non-hydrogen) atoms. The van der Waals surface area contributed by atoms with Gasteiger partial charge < -0.3 is 14.6 Å². The fourth-order valence-electron chi connectivity index (χ4n) is 2.09. The Hall–Kier alpha value is -1.45. The van der Waals surface area contributed by atoms with Crippen LogP contribution in [0.1, 0.15) is 17.7 Å². The second-order valence-corrected chi connectivity index (χ2v) is 6.86. The van der Waals surface area contributed by atoms with Gasteiger partial charge in [-0.05, 0) is 36.0 Å². The van der Waals surface area contributed by atoms with Crippen LogP contribution in [0.25, 0.3) is 0 Å². The quantitative estimate of drug-likeness (QED) is 0.649. The lowest BCUT2D eigenvalue weighted by Crippen LogP contribution is -2.11. The van der Waals surface area contributed by atoms with Crippen molar-refractivity contribution in [3.8, 4) is 17.2 Å². The monoisotopic (exact) mass is 340 g/mol. The summed E-state index contributed by atoms with van der Waals surface area (Å²) in [6.07, 6.45) is 0. The number of phenols is 1. The fraction of sp³-hybridized carbons (Fsp3) is 0.250. The van der Waals surface area contributed by atoms with Crippen LogP contribution >= 0.6 is 21.2 Å². The zero-order valence-corrected chi connectivity index (χ0v) is 14.4. The van der Waals surface area contributed by atoms with E-state index in [0.29, 0.717) is 16.8 Å². The molecule has 2 aromatic carbocycles. The van der Waals surface area contributed by atoms with Crippen molar-refractivity contribution in [2.45, 2.75) is 12.2 Å². The first-order valence-corrected chi connectivity index (χ1v) is 8.17. The van der Waals surface area contributed by atoms with Crippen LogP contribution in [-0.2, 0) is 0 Å². The van der Waals surface area contributed by atoms with Gasteiger partial charge >= 0.3 is 0 Å². The van der Waals surface area contributed by atoms with Crippen molar-refractivity contribution < 1.29 is 19.0 Å². The Labute approximate surface area is 136 Å². The summed E-state index contributed by atoms with van der Waals surface area (Å²) in [6.45, 7) is 1.89. The van der Waals surface area contributed by atoms with Crippen LogP contribution in [0.2, 0.25) is 0 Å².